The van der Waals surface area contributed by atoms with Gasteiger partial charge in [-0.2, -0.15) is 0 Å². The summed E-state index contributed by atoms with van der Waals surface area (Å²) >= 11 is 0. The molecule has 1 atom stereocenters. The molecule has 1 nitrogen and oxygen atoms in total. The summed E-state index contributed by atoms with van der Waals surface area (Å²) in [7, 11) is 0. The molecular formula is C21H28O. The van der Waals surface area contributed by atoms with E-state index in [1.807, 2.05) is 19.1 Å². The van der Waals surface area contributed by atoms with Crippen molar-refractivity contribution in [2.75, 3.05) is 6.61 Å². The molecule has 0 saturated heterocycles. The highest BCUT2D eigenvalue weighted by Crippen LogP contribution is 2.35. The summed E-state index contributed by atoms with van der Waals surface area (Å²) in [4.78, 5) is 0. The van der Waals surface area contributed by atoms with Gasteiger partial charge in [0.15, 0.2) is 0 Å². The molecule has 1 aliphatic rings. The number of allylic oxidation sites excluding steroid dienone is 1. The molecule has 0 amide bonds. The molecule has 22 heavy (non-hydrogen) atoms. The van der Waals surface area contributed by atoms with Gasteiger partial charge >= 0.3 is 0 Å². The van der Waals surface area contributed by atoms with Gasteiger partial charge in [0.2, 0.25) is 0 Å². The predicted octanol–water partition coefficient (Wildman–Crippen LogP) is 5.46. The Kier molecular flexibility index (Phi) is 6.59. The fourth-order valence-corrected chi connectivity index (χ4v) is 3.37. The summed E-state index contributed by atoms with van der Waals surface area (Å²) < 4.78 is 5.45. The molecule has 0 heterocycles. The van der Waals surface area contributed by atoms with Crippen molar-refractivity contribution < 1.29 is 4.74 Å². The van der Waals surface area contributed by atoms with Crippen LogP contribution in [0.3, 0.4) is 0 Å². The van der Waals surface area contributed by atoms with Gasteiger partial charge in [0.1, 0.15) is 5.75 Å². The highest BCUT2D eigenvalue weighted by molar-refractivity contribution is 5.38. The lowest BCUT2D eigenvalue weighted by molar-refractivity contribution is 0.254. The summed E-state index contributed by atoms with van der Waals surface area (Å²) in [5, 5.41) is 0. The third-order valence-corrected chi connectivity index (χ3v) is 4.74. The Bertz CT molecular complexity index is 509. The second kappa shape index (κ2) is 8.69. The molecule has 1 saturated carbocycles. The van der Waals surface area contributed by atoms with Crippen molar-refractivity contribution in [3.05, 3.63) is 42.5 Å². The van der Waals surface area contributed by atoms with Crippen LogP contribution in [0.5, 0.6) is 5.75 Å². The number of rotatable bonds is 5. The van der Waals surface area contributed by atoms with Crippen LogP contribution in [0.2, 0.25) is 0 Å². The lowest BCUT2D eigenvalue weighted by atomic mass is 9.75. The van der Waals surface area contributed by atoms with Gasteiger partial charge in [-0.25, -0.2) is 0 Å². The van der Waals surface area contributed by atoms with E-state index in [9.17, 15) is 0 Å². The predicted molar refractivity (Wildman–Crippen MR) is 93.9 cm³/mol. The monoisotopic (exact) mass is 296 g/mol. The van der Waals surface area contributed by atoms with Crippen molar-refractivity contribution in [1.82, 2.24) is 0 Å². The molecule has 0 radical (unpaired) electrons. The molecule has 1 aromatic carbocycles. The maximum absolute atomic E-state index is 5.45. The van der Waals surface area contributed by atoms with Gasteiger partial charge in [-0.3, -0.25) is 0 Å². The maximum Gasteiger partial charge on any atom is 0.119 e. The first-order valence-electron chi connectivity index (χ1n) is 8.63. The van der Waals surface area contributed by atoms with E-state index in [2.05, 4.69) is 43.6 Å². The molecule has 1 heteroatoms. The van der Waals surface area contributed by atoms with E-state index >= 15 is 0 Å². The van der Waals surface area contributed by atoms with Crippen molar-refractivity contribution in [1.29, 1.82) is 0 Å². The third-order valence-electron chi connectivity index (χ3n) is 4.74. The van der Waals surface area contributed by atoms with Crippen molar-refractivity contribution in [3.63, 3.8) is 0 Å². The fraction of sp³-hybridized carbons (Fsp3) is 0.524. The first kappa shape index (κ1) is 16.7. The van der Waals surface area contributed by atoms with Crippen molar-refractivity contribution in [3.8, 4) is 17.6 Å². The Morgan fingerprint density at radius 2 is 1.86 bits per heavy atom. The van der Waals surface area contributed by atoms with Crippen LogP contribution in [0, 0.1) is 29.6 Å². The van der Waals surface area contributed by atoms with Crippen LogP contribution in [0.15, 0.2) is 36.9 Å². The highest BCUT2D eigenvalue weighted by atomic mass is 16.5. The van der Waals surface area contributed by atoms with Crippen LogP contribution in [-0.2, 0) is 0 Å². The molecule has 0 aliphatic heterocycles. The standard InChI is InChI=1S/C21H28O/c1-4-19(5-2)20-13-9-17(10-14-20)7-8-18-11-15-21(16-12-18)22-6-3/h4,11-12,15-17,19-20H,1,5-6,9-10,13-14H2,2-3H3. The second-order valence-electron chi connectivity index (χ2n) is 6.15. The zero-order chi connectivity index (χ0) is 15.8. The van der Waals surface area contributed by atoms with Gasteiger partial charge in [0, 0.05) is 11.5 Å². The van der Waals surface area contributed by atoms with E-state index in [-0.39, 0.29) is 0 Å². The maximum atomic E-state index is 5.45. The molecule has 0 N–H and O–H groups in total. The Morgan fingerprint density at radius 3 is 2.41 bits per heavy atom. The summed E-state index contributed by atoms with van der Waals surface area (Å²) in [6.45, 7) is 8.96. The average Bonchev–Trinajstić information content (AvgIpc) is 2.57. The molecule has 2 rings (SSSR count). The van der Waals surface area contributed by atoms with E-state index in [0.717, 1.165) is 17.2 Å². The van der Waals surface area contributed by atoms with E-state index in [1.54, 1.807) is 0 Å². The zero-order valence-corrected chi connectivity index (χ0v) is 14.0. The van der Waals surface area contributed by atoms with Crippen LogP contribution in [0.4, 0.5) is 0 Å². The van der Waals surface area contributed by atoms with E-state index in [4.69, 9.17) is 4.74 Å². The molecule has 1 fully saturated rings. The number of ether oxygens (including phenoxy) is 1. The van der Waals surface area contributed by atoms with Gasteiger partial charge in [0.05, 0.1) is 6.61 Å². The van der Waals surface area contributed by atoms with Crippen LogP contribution in [0.1, 0.15) is 51.5 Å². The first-order valence-corrected chi connectivity index (χ1v) is 8.63. The Labute approximate surface area is 135 Å². The van der Waals surface area contributed by atoms with Crippen molar-refractivity contribution in [2.45, 2.75) is 46.0 Å². The normalized spacial score (nSPS) is 22.3. The summed E-state index contributed by atoms with van der Waals surface area (Å²) in [6, 6.07) is 8.10. The molecule has 1 unspecified atom stereocenters. The fourth-order valence-electron chi connectivity index (χ4n) is 3.37. The topological polar surface area (TPSA) is 9.23 Å². The molecule has 1 aliphatic carbocycles. The summed E-state index contributed by atoms with van der Waals surface area (Å²) in [5.74, 6) is 9.80. The second-order valence-corrected chi connectivity index (χ2v) is 6.15. The number of hydrogen-bond acceptors (Lipinski definition) is 1. The summed E-state index contributed by atoms with van der Waals surface area (Å²) in [6.07, 6.45) is 8.44. The Balaban J connectivity index is 1.87. The first-order chi connectivity index (χ1) is 10.8. The number of benzene rings is 1. The zero-order valence-electron chi connectivity index (χ0n) is 14.0. The van der Waals surface area contributed by atoms with E-state index < -0.39 is 0 Å². The van der Waals surface area contributed by atoms with Gasteiger partial charge in [-0.1, -0.05) is 24.8 Å². The van der Waals surface area contributed by atoms with Crippen molar-refractivity contribution >= 4 is 0 Å². The lowest BCUT2D eigenvalue weighted by Crippen LogP contribution is -2.19. The minimum Gasteiger partial charge on any atom is -0.494 e. The highest BCUT2D eigenvalue weighted by Gasteiger charge is 2.24. The van der Waals surface area contributed by atoms with Gasteiger partial charge < -0.3 is 4.74 Å². The molecule has 0 bridgehead atoms. The Hall–Kier alpha value is -1.68. The minimum absolute atomic E-state index is 0.560. The third kappa shape index (κ3) is 4.67. The van der Waals surface area contributed by atoms with Crippen LogP contribution in [0.25, 0.3) is 0 Å². The van der Waals surface area contributed by atoms with E-state index in [0.29, 0.717) is 18.4 Å². The molecule has 118 valence electrons. The SMILES string of the molecule is C=CC(CC)C1CCC(C#Cc2ccc(OCC)cc2)CC1. The van der Waals surface area contributed by atoms with Crippen LogP contribution >= 0.6 is 0 Å². The minimum atomic E-state index is 0.560. The van der Waals surface area contributed by atoms with Crippen LogP contribution in [-0.4, -0.2) is 6.61 Å². The van der Waals surface area contributed by atoms with Gasteiger partial charge in [-0.05, 0) is 75.1 Å². The van der Waals surface area contributed by atoms with Gasteiger partial charge in [-0.15, -0.1) is 6.58 Å². The number of hydrogen-bond donors (Lipinski definition) is 0. The Morgan fingerprint density at radius 1 is 1.18 bits per heavy atom. The smallest absolute Gasteiger partial charge is 0.119 e. The quantitative estimate of drug-likeness (QED) is 0.518. The largest absolute Gasteiger partial charge is 0.494 e. The molecule has 1 aromatic rings. The molecular weight excluding hydrogens is 268 g/mol. The molecule has 0 spiro atoms. The van der Waals surface area contributed by atoms with Crippen LogP contribution < -0.4 is 4.74 Å². The summed E-state index contributed by atoms with van der Waals surface area (Å²) in [5.41, 5.74) is 1.09. The average molecular weight is 296 g/mol. The molecule has 0 aromatic heterocycles. The van der Waals surface area contributed by atoms with Crippen molar-refractivity contribution in [2.24, 2.45) is 17.8 Å². The van der Waals surface area contributed by atoms with E-state index in [1.165, 1.54) is 32.1 Å². The van der Waals surface area contributed by atoms with Gasteiger partial charge in [0.25, 0.3) is 0 Å². The lowest BCUT2D eigenvalue weighted by Gasteiger charge is -2.30.